The fourth-order valence-corrected chi connectivity index (χ4v) is 2.34. The van der Waals surface area contributed by atoms with Crippen molar-refractivity contribution in [2.75, 3.05) is 25.0 Å². The van der Waals surface area contributed by atoms with Gasteiger partial charge in [0.15, 0.2) is 5.65 Å². The molecule has 1 aliphatic rings. The normalized spacial score (nSPS) is 18.8. The molecule has 98 valence electrons. The van der Waals surface area contributed by atoms with E-state index >= 15 is 0 Å². The van der Waals surface area contributed by atoms with Crippen molar-refractivity contribution < 1.29 is 0 Å². The quantitative estimate of drug-likeness (QED) is 0.886. The molecule has 1 saturated heterocycles. The summed E-state index contributed by atoms with van der Waals surface area (Å²) in [6, 6.07) is 4.50. The van der Waals surface area contributed by atoms with Gasteiger partial charge in [0.2, 0.25) is 5.95 Å². The summed E-state index contributed by atoms with van der Waals surface area (Å²) in [6.07, 6.45) is 4.30. The molecule has 2 aromatic rings. The Kier molecular flexibility index (Phi) is 4.04. The van der Waals surface area contributed by atoms with Gasteiger partial charge in [0, 0.05) is 25.8 Å². The minimum Gasteiger partial charge on any atom is -0.344 e. The maximum Gasteiger partial charge on any atom is 0.205 e. The molecule has 0 spiro atoms. The Labute approximate surface area is 112 Å². The van der Waals surface area contributed by atoms with E-state index in [0.29, 0.717) is 6.04 Å². The summed E-state index contributed by atoms with van der Waals surface area (Å²) in [4.78, 5) is 14.2. The van der Waals surface area contributed by atoms with Crippen LogP contribution in [0.25, 0.3) is 11.2 Å². The minimum atomic E-state index is 0. The van der Waals surface area contributed by atoms with Gasteiger partial charge in [-0.3, -0.25) is 0 Å². The van der Waals surface area contributed by atoms with Crippen molar-refractivity contribution in [3.05, 3.63) is 18.3 Å². The van der Waals surface area contributed by atoms with Gasteiger partial charge in [0.25, 0.3) is 0 Å². The maximum atomic E-state index is 4.49. The second-order valence-electron chi connectivity index (χ2n) is 4.61. The van der Waals surface area contributed by atoms with E-state index < -0.39 is 0 Å². The highest BCUT2D eigenvalue weighted by atomic mass is 35.5. The van der Waals surface area contributed by atoms with Crippen LogP contribution in [0.3, 0.4) is 0 Å². The molecule has 3 rings (SSSR count). The number of likely N-dealkylation sites (N-methyl/N-ethyl adjacent to an activating group) is 1. The topological polar surface area (TPSA) is 56.8 Å². The number of H-pyrrole nitrogens is 1. The van der Waals surface area contributed by atoms with E-state index in [4.69, 9.17) is 0 Å². The minimum absolute atomic E-state index is 0. The summed E-state index contributed by atoms with van der Waals surface area (Å²) in [5.41, 5.74) is 1.78. The smallest absolute Gasteiger partial charge is 0.205 e. The summed E-state index contributed by atoms with van der Waals surface area (Å²) in [5, 5.41) is 3.49. The third-order valence-corrected chi connectivity index (χ3v) is 3.26. The molecule has 1 fully saturated rings. The summed E-state index contributed by atoms with van der Waals surface area (Å²) < 4.78 is 0. The van der Waals surface area contributed by atoms with Gasteiger partial charge in [-0.2, -0.15) is 4.98 Å². The Morgan fingerprint density at radius 3 is 3.11 bits per heavy atom. The molecule has 2 aromatic heterocycles. The molecule has 3 heterocycles. The molecule has 6 heteroatoms. The lowest BCUT2D eigenvalue weighted by atomic mass is 10.2. The fourth-order valence-electron chi connectivity index (χ4n) is 2.34. The lowest BCUT2D eigenvalue weighted by molar-refractivity contribution is 0.595. The first-order valence-corrected chi connectivity index (χ1v) is 6.08. The van der Waals surface area contributed by atoms with Crippen molar-refractivity contribution >= 4 is 29.5 Å². The Bertz CT molecular complexity index is 473. The third-order valence-electron chi connectivity index (χ3n) is 3.26. The second-order valence-corrected chi connectivity index (χ2v) is 4.61. The number of anilines is 1. The number of nitrogens with zero attached hydrogens (tertiary/aromatic N) is 3. The summed E-state index contributed by atoms with van der Waals surface area (Å²) in [6.45, 7) is 2.13. The van der Waals surface area contributed by atoms with E-state index in [-0.39, 0.29) is 12.4 Å². The molecule has 2 N–H and O–H groups in total. The number of hydrogen-bond acceptors (Lipinski definition) is 4. The van der Waals surface area contributed by atoms with Crippen LogP contribution in [0.2, 0.25) is 0 Å². The zero-order valence-electron chi connectivity index (χ0n) is 10.4. The van der Waals surface area contributed by atoms with Crippen LogP contribution < -0.4 is 10.2 Å². The first-order chi connectivity index (χ1) is 8.33. The highest BCUT2D eigenvalue weighted by Gasteiger charge is 2.17. The monoisotopic (exact) mass is 267 g/mol. The van der Waals surface area contributed by atoms with Crippen molar-refractivity contribution in [1.82, 2.24) is 20.3 Å². The molecule has 0 bridgehead atoms. The van der Waals surface area contributed by atoms with Gasteiger partial charge in [-0.25, -0.2) is 4.98 Å². The van der Waals surface area contributed by atoms with Gasteiger partial charge >= 0.3 is 0 Å². The lowest BCUT2D eigenvalue weighted by Gasteiger charge is -2.20. The number of aromatic amines is 1. The molecular weight excluding hydrogens is 250 g/mol. The SMILES string of the molecule is CN(CC1CCCN1)c1nc2ncccc2[nH]1.Cl. The molecule has 1 unspecified atom stereocenters. The number of rotatable bonds is 3. The number of hydrogen-bond donors (Lipinski definition) is 2. The van der Waals surface area contributed by atoms with Crippen LogP contribution in [0.4, 0.5) is 5.95 Å². The number of nitrogens with one attached hydrogen (secondary N) is 2. The molecule has 1 atom stereocenters. The Hall–Kier alpha value is -1.33. The second kappa shape index (κ2) is 5.54. The molecule has 0 saturated carbocycles. The number of imidazole rings is 1. The van der Waals surface area contributed by atoms with Gasteiger partial charge < -0.3 is 15.2 Å². The van der Waals surface area contributed by atoms with Gasteiger partial charge in [-0.05, 0) is 31.5 Å². The van der Waals surface area contributed by atoms with Crippen LogP contribution in [0, 0.1) is 0 Å². The van der Waals surface area contributed by atoms with E-state index in [9.17, 15) is 0 Å². The number of aromatic nitrogens is 3. The molecule has 5 nitrogen and oxygen atoms in total. The third kappa shape index (κ3) is 2.57. The standard InChI is InChI=1S/C12H17N5.ClH/c1-17(8-9-4-2-6-13-9)12-15-10-5-3-7-14-11(10)16-12;/h3,5,7,9,13H,2,4,6,8H2,1H3,(H,14,15,16);1H. The first-order valence-electron chi connectivity index (χ1n) is 6.08. The van der Waals surface area contributed by atoms with Gasteiger partial charge in [0.1, 0.15) is 0 Å². The molecule has 0 amide bonds. The molecular formula is C12H18ClN5. The highest BCUT2D eigenvalue weighted by molar-refractivity contribution is 5.85. The Balaban J connectivity index is 0.00000120. The summed E-state index contributed by atoms with van der Waals surface area (Å²) in [7, 11) is 2.07. The molecule has 18 heavy (non-hydrogen) atoms. The average Bonchev–Trinajstić information content (AvgIpc) is 2.96. The van der Waals surface area contributed by atoms with Gasteiger partial charge in [0.05, 0.1) is 5.52 Å². The van der Waals surface area contributed by atoms with Crippen molar-refractivity contribution in [1.29, 1.82) is 0 Å². The van der Waals surface area contributed by atoms with Crippen molar-refractivity contribution in [3.8, 4) is 0 Å². The molecule has 0 aromatic carbocycles. The van der Waals surface area contributed by atoms with Crippen LogP contribution in [0.15, 0.2) is 18.3 Å². The van der Waals surface area contributed by atoms with Crippen molar-refractivity contribution in [2.24, 2.45) is 0 Å². The average molecular weight is 268 g/mol. The van der Waals surface area contributed by atoms with Crippen LogP contribution in [0.1, 0.15) is 12.8 Å². The molecule has 1 aliphatic heterocycles. The zero-order chi connectivity index (χ0) is 11.7. The fraction of sp³-hybridized carbons (Fsp3) is 0.500. The molecule has 0 radical (unpaired) electrons. The predicted octanol–water partition coefficient (Wildman–Crippen LogP) is 1.57. The van der Waals surface area contributed by atoms with E-state index in [0.717, 1.165) is 30.2 Å². The largest absolute Gasteiger partial charge is 0.344 e. The summed E-state index contributed by atoms with van der Waals surface area (Å²) >= 11 is 0. The van der Waals surface area contributed by atoms with Crippen LogP contribution in [0.5, 0.6) is 0 Å². The van der Waals surface area contributed by atoms with E-state index in [1.165, 1.54) is 12.8 Å². The van der Waals surface area contributed by atoms with Crippen LogP contribution in [-0.2, 0) is 0 Å². The van der Waals surface area contributed by atoms with Gasteiger partial charge in [-0.15, -0.1) is 12.4 Å². The predicted molar refractivity (Wildman–Crippen MR) is 75.4 cm³/mol. The zero-order valence-corrected chi connectivity index (χ0v) is 11.2. The van der Waals surface area contributed by atoms with E-state index in [1.807, 2.05) is 12.1 Å². The highest BCUT2D eigenvalue weighted by Crippen LogP contribution is 2.15. The first kappa shape index (κ1) is 13.1. The van der Waals surface area contributed by atoms with Crippen LogP contribution in [-0.4, -0.2) is 41.1 Å². The Morgan fingerprint density at radius 2 is 2.39 bits per heavy atom. The van der Waals surface area contributed by atoms with E-state index in [1.54, 1.807) is 6.20 Å². The lowest BCUT2D eigenvalue weighted by Crippen LogP contribution is -2.35. The van der Waals surface area contributed by atoms with Crippen LogP contribution >= 0.6 is 12.4 Å². The molecule has 0 aliphatic carbocycles. The number of halogens is 1. The number of fused-ring (bicyclic) bond motifs is 1. The number of pyridine rings is 1. The maximum absolute atomic E-state index is 4.49. The van der Waals surface area contributed by atoms with Crippen molar-refractivity contribution in [3.63, 3.8) is 0 Å². The Morgan fingerprint density at radius 1 is 1.50 bits per heavy atom. The van der Waals surface area contributed by atoms with E-state index in [2.05, 4.69) is 32.2 Å². The van der Waals surface area contributed by atoms with Gasteiger partial charge in [-0.1, -0.05) is 0 Å². The summed E-state index contributed by atoms with van der Waals surface area (Å²) in [5.74, 6) is 0.896. The van der Waals surface area contributed by atoms with Crippen molar-refractivity contribution in [2.45, 2.75) is 18.9 Å².